The van der Waals surface area contributed by atoms with Gasteiger partial charge in [0.2, 0.25) is 0 Å². The van der Waals surface area contributed by atoms with E-state index in [0.29, 0.717) is 0 Å². The first-order chi connectivity index (χ1) is 8.26. The number of nitrogens with zero attached hydrogens (tertiary/aromatic N) is 2. The Morgan fingerprint density at radius 2 is 2.18 bits per heavy atom. The minimum Gasteiger partial charge on any atom is -0.379 e. The molecule has 0 saturated heterocycles. The Labute approximate surface area is 102 Å². The van der Waals surface area contributed by atoms with Gasteiger partial charge in [-0.15, -0.1) is 0 Å². The number of hydrogen-bond donors (Lipinski definition) is 2. The molecule has 0 saturated carbocycles. The van der Waals surface area contributed by atoms with Gasteiger partial charge in [-0.3, -0.25) is 4.68 Å². The maximum atomic E-state index is 4.25. The lowest BCUT2D eigenvalue weighted by atomic mass is 10.2. The molecule has 0 unspecified atom stereocenters. The van der Waals surface area contributed by atoms with E-state index in [1.54, 1.807) is 0 Å². The van der Waals surface area contributed by atoms with E-state index in [9.17, 15) is 0 Å². The molecule has 1 aromatic rings. The number of allylic oxidation sites excluding steroid dienone is 4. The Bertz CT molecular complexity index is 492. The molecular weight excluding hydrogens is 212 g/mol. The van der Waals surface area contributed by atoms with Crippen LogP contribution in [0.1, 0.15) is 19.4 Å². The lowest BCUT2D eigenvalue weighted by Crippen LogP contribution is -2.14. The van der Waals surface area contributed by atoms with Crippen LogP contribution in [-0.4, -0.2) is 9.78 Å². The predicted molar refractivity (Wildman–Crippen MR) is 70.3 cm³/mol. The summed E-state index contributed by atoms with van der Waals surface area (Å²) in [6.45, 7) is 4.82. The molecule has 4 heteroatoms. The van der Waals surface area contributed by atoms with Crippen LogP contribution in [0.4, 0.5) is 5.82 Å². The van der Waals surface area contributed by atoms with Crippen molar-refractivity contribution in [3.63, 3.8) is 0 Å². The molecule has 0 amide bonds. The van der Waals surface area contributed by atoms with Gasteiger partial charge in [0.25, 0.3) is 0 Å². The minimum absolute atomic E-state index is 0.789. The first kappa shape index (κ1) is 11.5. The lowest BCUT2D eigenvalue weighted by molar-refractivity contribution is 0.774. The van der Waals surface area contributed by atoms with Gasteiger partial charge in [-0.2, -0.15) is 5.10 Å². The molecule has 90 valence electrons. The van der Waals surface area contributed by atoms with E-state index in [1.165, 1.54) is 5.56 Å². The average molecular weight is 230 g/mol. The summed E-state index contributed by atoms with van der Waals surface area (Å²) in [5.74, 6) is 1.05. The first-order valence-corrected chi connectivity index (χ1v) is 5.77. The highest BCUT2D eigenvalue weighted by molar-refractivity contribution is 5.55. The van der Waals surface area contributed by atoms with Crippen LogP contribution in [0.2, 0.25) is 0 Å². The summed E-state index contributed by atoms with van der Waals surface area (Å²) in [6.07, 6.45) is 10.1. The zero-order chi connectivity index (χ0) is 12.3. The Hall–Kier alpha value is -1.97. The van der Waals surface area contributed by atoms with Crippen molar-refractivity contribution in [1.82, 2.24) is 15.1 Å². The second-order valence-corrected chi connectivity index (χ2v) is 3.93. The van der Waals surface area contributed by atoms with Crippen molar-refractivity contribution in [3.05, 3.63) is 47.5 Å². The molecule has 2 heterocycles. The van der Waals surface area contributed by atoms with Crippen LogP contribution >= 0.6 is 0 Å². The molecule has 0 bridgehead atoms. The third kappa shape index (κ3) is 2.25. The van der Waals surface area contributed by atoms with Crippen molar-refractivity contribution in [1.29, 1.82) is 0 Å². The molecule has 1 aliphatic rings. The molecule has 0 aromatic carbocycles. The Balaban J connectivity index is 2.36. The molecule has 4 nitrogen and oxygen atoms in total. The van der Waals surface area contributed by atoms with Gasteiger partial charge in [0, 0.05) is 19.2 Å². The van der Waals surface area contributed by atoms with E-state index in [2.05, 4.69) is 27.9 Å². The first-order valence-electron chi connectivity index (χ1n) is 5.77. The summed E-state index contributed by atoms with van der Waals surface area (Å²) < 4.78 is 1.86. The normalized spacial score (nSPS) is 20.2. The van der Waals surface area contributed by atoms with E-state index >= 15 is 0 Å². The van der Waals surface area contributed by atoms with Crippen molar-refractivity contribution >= 4 is 5.82 Å². The van der Waals surface area contributed by atoms with Gasteiger partial charge >= 0.3 is 0 Å². The van der Waals surface area contributed by atoms with Crippen molar-refractivity contribution in [3.8, 4) is 0 Å². The highest BCUT2D eigenvalue weighted by Crippen LogP contribution is 2.22. The molecule has 0 fully saturated rings. The van der Waals surface area contributed by atoms with Crippen LogP contribution < -0.4 is 10.6 Å². The highest BCUT2D eigenvalue weighted by atomic mass is 15.3. The van der Waals surface area contributed by atoms with Crippen molar-refractivity contribution < 1.29 is 0 Å². The van der Waals surface area contributed by atoms with Gasteiger partial charge in [-0.25, -0.2) is 0 Å². The van der Waals surface area contributed by atoms with Crippen LogP contribution in [0.5, 0.6) is 0 Å². The minimum atomic E-state index is 0.789. The molecule has 1 aliphatic heterocycles. The second kappa shape index (κ2) is 4.91. The van der Waals surface area contributed by atoms with Crippen LogP contribution in [0.15, 0.2) is 41.9 Å². The van der Waals surface area contributed by atoms with Gasteiger partial charge in [0.1, 0.15) is 5.82 Å². The smallest absolute Gasteiger partial charge is 0.133 e. The van der Waals surface area contributed by atoms with Crippen LogP contribution in [0.25, 0.3) is 0 Å². The average Bonchev–Trinajstić information content (AvgIpc) is 2.59. The van der Waals surface area contributed by atoms with Crippen molar-refractivity contribution in [2.24, 2.45) is 7.05 Å². The highest BCUT2D eigenvalue weighted by Gasteiger charge is 2.16. The van der Waals surface area contributed by atoms with E-state index in [1.807, 2.05) is 43.9 Å². The second-order valence-electron chi connectivity index (χ2n) is 3.93. The zero-order valence-electron chi connectivity index (χ0n) is 10.5. The molecule has 17 heavy (non-hydrogen) atoms. The third-order valence-corrected chi connectivity index (χ3v) is 2.77. The Morgan fingerprint density at radius 1 is 1.35 bits per heavy atom. The number of aromatic nitrogens is 2. The van der Waals surface area contributed by atoms with Crippen LogP contribution in [0, 0.1) is 0 Å². The number of rotatable bonds is 1. The molecule has 0 aliphatic carbocycles. The lowest BCUT2D eigenvalue weighted by Gasteiger charge is -2.11. The van der Waals surface area contributed by atoms with Crippen LogP contribution in [-0.2, 0) is 13.6 Å². The summed E-state index contributed by atoms with van der Waals surface area (Å²) in [6, 6.07) is 0. The number of fused-ring (bicyclic) bond motifs is 1. The largest absolute Gasteiger partial charge is 0.379 e. The number of hydrogen-bond acceptors (Lipinski definition) is 3. The van der Waals surface area contributed by atoms with Crippen LogP contribution in [0.3, 0.4) is 0 Å². The Morgan fingerprint density at radius 3 is 2.88 bits per heavy atom. The van der Waals surface area contributed by atoms with Gasteiger partial charge in [-0.05, 0) is 19.9 Å². The fourth-order valence-electron chi connectivity index (χ4n) is 1.82. The molecule has 2 rings (SSSR count). The summed E-state index contributed by atoms with van der Waals surface area (Å²) in [7, 11) is 1.94. The zero-order valence-corrected chi connectivity index (χ0v) is 10.5. The van der Waals surface area contributed by atoms with Gasteiger partial charge in [0.05, 0.1) is 17.6 Å². The summed E-state index contributed by atoms with van der Waals surface area (Å²) in [4.78, 5) is 0. The molecule has 2 N–H and O–H groups in total. The van der Waals surface area contributed by atoms with Gasteiger partial charge < -0.3 is 10.6 Å². The van der Waals surface area contributed by atoms with Crippen molar-refractivity contribution in [2.45, 2.75) is 20.4 Å². The SMILES string of the molecule is C\C=C/C=C1/NCc2cnn(C)c2N/C1=C/C. The molecule has 0 radical (unpaired) electrons. The monoisotopic (exact) mass is 230 g/mol. The summed E-state index contributed by atoms with van der Waals surface area (Å²) in [5, 5.41) is 11.1. The third-order valence-electron chi connectivity index (χ3n) is 2.77. The number of nitrogens with one attached hydrogen (secondary N) is 2. The predicted octanol–water partition coefficient (Wildman–Crippen LogP) is 2.30. The standard InChI is InChI=1S/C13H18N4/c1-4-6-7-12-11(5-2)16-13-10(8-14-12)9-15-17(13)3/h4-7,9,14,16H,8H2,1-3H3/b6-4-,11-5+,12-7+. The fourth-order valence-corrected chi connectivity index (χ4v) is 1.82. The van der Waals surface area contributed by atoms with Gasteiger partial charge in [0.15, 0.2) is 0 Å². The van der Waals surface area contributed by atoms with Gasteiger partial charge in [-0.1, -0.05) is 18.2 Å². The maximum absolute atomic E-state index is 4.25. The molecule has 1 aromatic heterocycles. The summed E-state index contributed by atoms with van der Waals surface area (Å²) in [5.41, 5.74) is 3.35. The van der Waals surface area contributed by atoms with Crippen molar-refractivity contribution in [2.75, 3.05) is 5.32 Å². The Kier molecular flexibility index (Phi) is 3.32. The molecule has 0 spiro atoms. The number of anilines is 1. The molecular formula is C13H18N4. The maximum Gasteiger partial charge on any atom is 0.133 e. The summed E-state index contributed by atoms with van der Waals surface area (Å²) >= 11 is 0. The van der Waals surface area contributed by atoms with E-state index < -0.39 is 0 Å². The molecule has 0 atom stereocenters. The quantitative estimate of drug-likeness (QED) is 0.778. The number of aryl methyl sites for hydroxylation is 1. The fraction of sp³-hybridized carbons (Fsp3) is 0.308. The van der Waals surface area contributed by atoms with E-state index in [-0.39, 0.29) is 0 Å². The van der Waals surface area contributed by atoms with E-state index in [4.69, 9.17) is 0 Å². The topological polar surface area (TPSA) is 41.9 Å². The van der Waals surface area contributed by atoms with E-state index in [0.717, 1.165) is 23.8 Å².